The Bertz CT molecular complexity index is 1500. The summed E-state index contributed by atoms with van der Waals surface area (Å²) in [5, 5.41) is 3.37. The maximum Gasteiger partial charge on any atom is 0.240 e. The van der Waals surface area contributed by atoms with Crippen molar-refractivity contribution in [2.75, 3.05) is 13.1 Å². The van der Waals surface area contributed by atoms with Crippen molar-refractivity contribution >= 4 is 5.91 Å². The number of hydrogen-bond donors (Lipinski definition) is 1. The molecule has 0 radical (unpaired) electrons. The number of nitrogens with zero attached hydrogens (tertiary/aromatic N) is 3. The molecule has 1 N–H and O–H groups in total. The Labute approximate surface area is 240 Å². The van der Waals surface area contributed by atoms with Crippen molar-refractivity contribution in [1.82, 2.24) is 19.8 Å². The summed E-state index contributed by atoms with van der Waals surface area (Å²) in [5.74, 6) is -0.238. The van der Waals surface area contributed by atoms with Gasteiger partial charge in [-0.15, -0.1) is 0 Å². The van der Waals surface area contributed by atoms with E-state index in [4.69, 9.17) is 4.98 Å². The summed E-state index contributed by atoms with van der Waals surface area (Å²) in [6, 6.07) is 37.5. The highest BCUT2D eigenvalue weighted by Crippen LogP contribution is 2.42. The van der Waals surface area contributed by atoms with Crippen LogP contribution in [0.5, 0.6) is 0 Å². The number of aromatic nitrogens is 2. The number of halogens is 1. The van der Waals surface area contributed by atoms with E-state index in [-0.39, 0.29) is 17.8 Å². The minimum atomic E-state index is -0.703. The summed E-state index contributed by atoms with van der Waals surface area (Å²) in [4.78, 5) is 20.5. The fraction of sp³-hybridized carbons (Fsp3) is 0.200. The molecule has 5 aromatic rings. The number of carbonyl (C=O) groups excluding carboxylic acids is 1. The Morgan fingerprint density at radius 2 is 1.37 bits per heavy atom. The van der Waals surface area contributed by atoms with Gasteiger partial charge in [-0.25, -0.2) is 9.37 Å². The fourth-order valence-corrected chi connectivity index (χ4v) is 6.04. The highest BCUT2D eigenvalue weighted by molar-refractivity contribution is 5.83. The zero-order chi connectivity index (χ0) is 28.2. The van der Waals surface area contributed by atoms with Crippen LogP contribution in [0.3, 0.4) is 0 Å². The molecule has 0 bridgehead atoms. The molecule has 2 heterocycles. The third kappa shape index (κ3) is 5.07. The van der Waals surface area contributed by atoms with Crippen LogP contribution in [0.2, 0.25) is 0 Å². The van der Waals surface area contributed by atoms with Crippen LogP contribution in [0.4, 0.5) is 4.39 Å². The summed E-state index contributed by atoms with van der Waals surface area (Å²) in [7, 11) is 0. The summed E-state index contributed by atoms with van der Waals surface area (Å²) >= 11 is 0. The maximum absolute atomic E-state index is 13.8. The van der Waals surface area contributed by atoms with E-state index in [9.17, 15) is 9.18 Å². The van der Waals surface area contributed by atoms with Gasteiger partial charge in [0.05, 0.1) is 30.3 Å². The van der Waals surface area contributed by atoms with Gasteiger partial charge in [-0.2, -0.15) is 0 Å². The average Bonchev–Trinajstić information content (AvgIpc) is 3.38. The third-order valence-electron chi connectivity index (χ3n) is 8.09. The number of imidazole rings is 1. The lowest BCUT2D eigenvalue weighted by Crippen LogP contribution is -2.55. The average molecular weight is 545 g/mol. The molecule has 1 aliphatic rings. The van der Waals surface area contributed by atoms with E-state index in [2.05, 4.69) is 82.7 Å². The van der Waals surface area contributed by atoms with Crippen LogP contribution in [0.1, 0.15) is 33.6 Å². The van der Waals surface area contributed by atoms with Gasteiger partial charge in [0, 0.05) is 13.1 Å². The lowest BCUT2D eigenvalue weighted by molar-refractivity contribution is -0.136. The van der Waals surface area contributed by atoms with Gasteiger partial charge < -0.3 is 14.8 Å². The molecule has 1 atom stereocenters. The van der Waals surface area contributed by atoms with Crippen molar-refractivity contribution in [2.24, 2.45) is 0 Å². The van der Waals surface area contributed by atoms with Crippen molar-refractivity contribution in [1.29, 1.82) is 0 Å². The molecule has 0 aliphatic carbocycles. The van der Waals surface area contributed by atoms with E-state index in [0.717, 1.165) is 33.6 Å². The van der Waals surface area contributed by atoms with E-state index < -0.39 is 5.54 Å². The van der Waals surface area contributed by atoms with Crippen LogP contribution >= 0.6 is 0 Å². The van der Waals surface area contributed by atoms with Crippen molar-refractivity contribution in [3.63, 3.8) is 0 Å². The van der Waals surface area contributed by atoms with Crippen LogP contribution in [0.25, 0.3) is 0 Å². The Kier molecular flexibility index (Phi) is 7.49. The molecule has 1 aromatic heterocycles. The molecule has 0 unspecified atom stereocenters. The Morgan fingerprint density at radius 1 is 0.829 bits per heavy atom. The first-order chi connectivity index (χ1) is 20.1. The number of benzene rings is 4. The predicted octanol–water partition coefficient (Wildman–Crippen LogP) is 5.71. The Morgan fingerprint density at radius 3 is 1.90 bits per heavy atom. The van der Waals surface area contributed by atoms with Crippen LogP contribution in [-0.2, 0) is 23.3 Å². The van der Waals surface area contributed by atoms with Gasteiger partial charge in [0.15, 0.2) is 0 Å². The lowest BCUT2D eigenvalue weighted by Gasteiger charge is -2.40. The number of aryl methyl sites for hydroxylation is 1. The van der Waals surface area contributed by atoms with Gasteiger partial charge >= 0.3 is 0 Å². The minimum absolute atomic E-state index is 0.0393. The summed E-state index contributed by atoms with van der Waals surface area (Å²) in [6.07, 6.45) is 2.43. The second-order valence-corrected chi connectivity index (χ2v) is 10.6. The van der Waals surface area contributed by atoms with Crippen LogP contribution < -0.4 is 5.32 Å². The molecule has 41 heavy (non-hydrogen) atoms. The third-order valence-corrected chi connectivity index (χ3v) is 8.09. The SMILES string of the molecule is Cc1ncn(C(c2ccccc2)(c2ccccc2)c2ccccc2)c1CN1CCN[C@@H](Cc2ccc(F)cc2)C1=O. The van der Waals surface area contributed by atoms with Crippen molar-refractivity contribution in [3.8, 4) is 0 Å². The number of carbonyl (C=O) groups is 1. The first-order valence-corrected chi connectivity index (χ1v) is 14.0. The Hall–Kier alpha value is -4.55. The van der Waals surface area contributed by atoms with E-state index in [1.54, 1.807) is 12.1 Å². The second kappa shape index (κ2) is 11.5. The van der Waals surface area contributed by atoms with Crippen LogP contribution in [0.15, 0.2) is 122 Å². The summed E-state index contributed by atoms with van der Waals surface area (Å²) in [6.45, 7) is 3.73. The van der Waals surface area contributed by atoms with E-state index in [0.29, 0.717) is 26.1 Å². The van der Waals surface area contributed by atoms with E-state index >= 15 is 0 Å². The van der Waals surface area contributed by atoms with Gasteiger partial charge in [-0.3, -0.25) is 4.79 Å². The standard InChI is InChI=1S/C35H33FN4O/c1-26-33(24-39-22-21-37-32(34(39)41)23-27-17-19-31(36)20-18-27)40(25-38-26)35(28-11-5-2-6-12-28,29-13-7-3-8-14-29)30-15-9-4-10-16-30/h2-20,25,32,37H,21-24H2,1H3/t32-/m0/s1. The molecule has 1 saturated heterocycles. The van der Waals surface area contributed by atoms with Gasteiger partial charge in [0.25, 0.3) is 0 Å². The second-order valence-electron chi connectivity index (χ2n) is 10.6. The molecule has 1 amide bonds. The zero-order valence-corrected chi connectivity index (χ0v) is 23.1. The first-order valence-electron chi connectivity index (χ1n) is 14.0. The summed E-state index contributed by atoms with van der Waals surface area (Å²) < 4.78 is 15.7. The molecule has 1 aliphatic heterocycles. The topological polar surface area (TPSA) is 50.2 Å². The highest BCUT2D eigenvalue weighted by atomic mass is 19.1. The fourth-order valence-electron chi connectivity index (χ4n) is 6.04. The number of nitrogens with one attached hydrogen (secondary N) is 1. The summed E-state index contributed by atoms with van der Waals surface area (Å²) in [5.41, 5.74) is 5.42. The Balaban J connectivity index is 1.44. The normalized spacial score (nSPS) is 15.7. The molecule has 206 valence electrons. The zero-order valence-electron chi connectivity index (χ0n) is 23.1. The molecule has 0 saturated carbocycles. The molecule has 0 spiro atoms. The predicted molar refractivity (Wildman–Crippen MR) is 159 cm³/mol. The molecule has 1 fully saturated rings. The molecule has 6 rings (SSSR count). The van der Waals surface area contributed by atoms with Gasteiger partial charge in [0.1, 0.15) is 11.4 Å². The molecular weight excluding hydrogens is 511 g/mol. The number of rotatable bonds is 8. The minimum Gasteiger partial charge on any atom is -0.334 e. The quantitative estimate of drug-likeness (QED) is 0.255. The first kappa shape index (κ1) is 26.7. The van der Waals surface area contributed by atoms with Crippen LogP contribution in [-0.4, -0.2) is 39.5 Å². The number of amides is 1. The van der Waals surface area contributed by atoms with Crippen LogP contribution in [0, 0.1) is 12.7 Å². The number of hydrogen-bond acceptors (Lipinski definition) is 3. The van der Waals surface area contributed by atoms with Crippen molar-refractivity contribution in [2.45, 2.75) is 31.5 Å². The van der Waals surface area contributed by atoms with Crippen molar-refractivity contribution in [3.05, 3.63) is 161 Å². The maximum atomic E-state index is 13.8. The van der Waals surface area contributed by atoms with E-state index in [1.807, 2.05) is 36.4 Å². The largest absolute Gasteiger partial charge is 0.334 e. The van der Waals surface area contributed by atoms with Gasteiger partial charge in [-0.05, 0) is 47.7 Å². The van der Waals surface area contributed by atoms with Gasteiger partial charge in [0.2, 0.25) is 5.91 Å². The molecule has 6 heteroatoms. The number of piperazine rings is 1. The smallest absolute Gasteiger partial charge is 0.240 e. The van der Waals surface area contributed by atoms with Crippen molar-refractivity contribution < 1.29 is 9.18 Å². The molecule has 4 aromatic carbocycles. The highest BCUT2D eigenvalue weighted by Gasteiger charge is 2.41. The monoisotopic (exact) mass is 544 g/mol. The van der Waals surface area contributed by atoms with Gasteiger partial charge in [-0.1, -0.05) is 103 Å². The lowest BCUT2D eigenvalue weighted by atomic mass is 9.76. The molecule has 5 nitrogen and oxygen atoms in total. The van der Waals surface area contributed by atoms with E-state index in [1.165, 1.54) is 12.1 Å². The molecular formula is C35H33FN4O.